The van der Waals surface area contributed by atoms with Crippen LogP contribution in [0.2, 0.25) is 0 Å². The molecule has 0 aliphatic rings. The van der Waals surface area contributed by atoms with Crippen molar-refractivity contribution in [2.45, 2.75) is 39.7 Å². The quantitative estimate of drug-likeness (QED) is 0.786. The molecule has 1 atom stereocenters. The van der Waals surface area contributed by atoms with E-state index in [-0.39, 0.29) is 11.0 Å². The van der Waals surface area contributed by atoms with Crippen LogP contribution >= 0.6 is 0 Å². The van der Waals surface area contributed by atoms with Crippen molar-refractivity contribution in [3.63, 3.8) is 0 Å². The van der Waals surface area contributed by atoms with E-state index in [0.29, 0.717) is 24.5 Å². The molecule has 138 valence electrons. The van der Waals surface area contributed by atoms with Gasteiger partial charge in [-0.15, -0.1) is 0 Å². The van der Waals surface area contributed by atoms with Gasteiger partial charge in [-0.3, -0.25) is 4.79 Å². The summed E-state index contributed by atoms with van der Waals surface area (Å²) < 4.78 is 5.57. The number of carbonyl (C=O) groups excluding carboxylic acids is 1. The van der Waals surface area contributed by atoms with Crippen LogP contribution in [0.5, 0.6) is 11.6 Å². The molecule has 2 rings (SSSR count). The highest BCUT2D eigenvalue weighted by molar-refractivity contribution is 5.96. The van der Waals surface area contributed by atoms with Crippen molar-refractivity contribution in [1.29, 1.82) is 0 Å². The molecule has 0 fully saturated rings. The second-order valence-corrected chi connectivity index (χ2v) is 7.26. The van der Waals surface area contributed by atoms with E-state index >= 15 is 0 Å². The zero-order valence-electron chi connectivity index (χ0n) is 15.2. The first-order valence-corrected chi connectivity index (χ1v) is 8.47. The van der Waals surface area contributed by atoms with Gasteiger partial charge in [-0.1, -0.05) is 39.0 Å². The van der Waals surface area contributed by atoms with Gasteiger partial charge in [0.15, 0.2) is 0 Å². The molecule has 0 aliphatic heterocycles. The van der Waals surface area contributed by atoms with E-state index < -0.39 is 17.9 Å². The first-order valence-electron chi connectivity index (χ1n) is 8.47. The minimum Gasteiger partial charge on any atom is -0.480 e. The molecule has 2 aromatic rings. The highest BCUT2D eigenvalue weighted by atomic mass is 16.5. The van der Waals surface area contributed by atoms with Crippen molar-refractivity contribution in [2.24, 2.45) is 5.41 Å². The number of benzene rings is 1. The molecule has 0 saturated heterocycles. The van der Waals surface area contributed by atoms with E-state index in [0.717, 1.165) is 0 Å². The highest BCUT2D eigenvalue weighted by Crippen LogP contribution is 2.22. The number of carbonyl (C=O) groups is 2. The minimum absolute atomic E-state index is 0.00356. The average molecular weight is 356 g/mol. The Labute approximate surface area is 153 Å². The van der Waals surface area contributed by atoms with Crippen LogP contribution in [0.3, 0.4) is 0 Å². The number of aliphatic carboxylic acids is 1. The normalized spacial score (nSPS) is 12.3. The predicted molar refractivity (Wildman–Crippen MR) is 98.3 cm³/mol. The van der Waals surface area contributed by atoms with Gasteiger partial charge < -0.3 is 15.2 Å². The summed E-state index contributed by atoms with van der Waals surface area (Å²) in [6.07, 6.45) is 2.43. The number of aromatic nitrogens is 1. The second kappa shape index (κ2) is 8.47. The number of hydrogen-bond donors (Lipinski definition) is 2. The monoisotopic (exact) mass is 356 g/mol. The van der Waals surface area contributed by atoms with Gasteiger partial charge in [-0.05, 0) is 36.5 Å². The van der Waals surface area contributed by atoms with Crippen LogP contribution in [0.25, 0.3) is 0 Å². The fourth-order valence-corrected chi connectivity index (χ4v) is 2.26. The Hall–Kier alpha value is -2.89. The summed E-state index contributed by atoms with van der Waals surface area (Å²) in [6, 6.07) is 11.4. The summed E-state index contributed by atoms with van der Waals surface area (Å²) in [5, 5.41) is 11.9. The lowest BCUT2D eigenvalue weighted by Gasteiger charge is -2.21. The fraction of sp³-hybridized carbons (Fsp3) is 0.350. The van der Waals surface area contributed by atoms with E-state index in [2.05, 4.69) is 10.3 Å². The van der Waals surface area contributed by atoms with Crippen LogP contribution in [0.4, 0.5) is 0 Å². The molecular formula is C20H24N2O4. The lowest BCUT2D eigenvalue weighted by atomic mass is 9.88. The summed E-state index contributed by atoms with van der Waals surface area (Å²) >= 11 is 0. The highest BCUT2D eigenvalue weighted by Gasteiger charge is 2.23. The van der Waals surface area contributed by atoms with Crippen molar-refractivity contribution >= 4 is 11.9 Å². The number of carboxylic acids is 1. The number of carboxylic acid groups (broad SMARTS) is 1. The Morgan fingerprint density at radius 2 is 1.85 bits per heavy atom. The Morgan fingerprint density at radius 3 is 2.38 bits per heavy atom. The van der Waals surface area contributed by atoms with Gasteiger partial charge in [0.05, 0.1) is 5.56 Å². The van der Waals surface area contributed by atoms with Crippen LogP contribution in [0.15, 0.2) is 48.7 Å². The fourth-order valence-electron chi connectivity index (χ4n) is 2.26. The van der Waals surface area contributed by atoms with Gasteiger partial charge in [0, 0.05) is 12.3 Å². The summed E-state index contributed by atoms with van der Waals surface area (Å²) in [6.45, 7) is 6.09. The topological polar surface area (TPSA) is 88.5 Å². The van der Waals surface area contributed by atoms with Crippen molar-refractivity contribution in [3.8, 4) is 11.6 Å². The zero-order chi connectivity index (χ0) is 19.2. The number of para-hydroxylation sites is 1. The lowest BCUT2D eigenvalue weighted by molar-refractivity contribution is -0.139. The van der Waals surface area contributed by atoms with Crippen LogP contribution in [0.1, 0.15) is 44.0 Å². The Balaban J connectivity index is 1.98. The molecule has 0 spiro atoms. The predicted octanol–water partition coefficient (Wildman–Crippen LogP) is 3.88. The Bertz CT molecular complexity index is 737. The first-order chi connectivity index (χ1) is 12.2. The van der Waals surface area contributed by atoms with Gasteiger partial charge >= 0.3 is 5.97 Å². The zero-order valence-corrected chi connectivity index (χ0v) is 15.2. The molecule has 1 amide bonds. The van der Waals surface area contributed by atoms with Crippen molar-refractivity contribution in [2.75, 3.05) is 0 Å². The van der Waals surface area contributed by atoms with Crippen molar-refractivity contribution in [1.82, 2.24) is 10.3 Å². The second-order valence-electron chi connectivity index (χ2n) is 7.26. The largest absolute Gasteiger partial charge is 0.480 e. The molecule has 6 nitrogen and oxygen atoms in total. The molecule has 0 radical (unpaired) electrons. The SMILES string of the molecule is CC(C)(C)CC[C@@H](NC(=O)c1ccc(Oc2ccccc2)nc1)C(=O)O. The lowest BCUT2D eigenvalue weighted by Crippen LogP contribution is -2.41. The molecular weight excluding hydrogens is 332 g/mol. The third kappa shape index (κ3) is 6.20. The molecule has 6 heteroatoms. The average Bonchev–Trinajstić information content (AvgIpc) is 2.59. The number of pyridine rings is 1. The van der Waals surface area contributed by atoms with Crippen LogP contribution in [0, 0.1) is 5.41 Å². The van der Waals surface area contributed by atoms with Gasteiger partial charge in [0.1, 0.15) is 11.8 Å². The molecule has 1 heterocycles. The van der Waals surface area contributed by atoms with Crippen LogP contribution < -0.4 is 10.1 Å². The molecule has 26 heavy (non-hydrogen) atoms. The maximum Gasteiger partial charge on any atom is 0.326 e. The molecule has 1 aromatic carbocycles. The standard InChI is InChI=1S/C20H24N2O4/c1-20(2,3)12-11-16(19(24)25)22-18(23)14-9-10-17(21-13-14)26-15-7-5-4-6-8-15/h4-10,13,16H,11-12H2,1-3H3,(H,22,23)(H,24,25)/t16-/m1/s1. The molecule has 2 N–H and O–H groups in total. The van der Waals surface area contributed by atoms with Gasteiger partial charge in [0.25, 0.3) is 5.91 Å². The molecule has 0 aliphatic carbocycles. The number of rotatable bonds is 7. The molecule has 1 aromatic heterocycles. The van der Waals surface area contributed by atoms with Crippen molar-refractivity contribution in [3.05, 3.63) is 54.2 Å². The smallest absolute Gasteiger partial charge is 0.326 e. The Morgan fingerprint density at radius 1 is 1.15 bits per heavy atom. The number of ether oxygens (including phenoxy) is 1. The van der Waals surface area contributed by atoms with Crippen LogP contribution in [-0.4, -0.2) is 28.0 Å². The third-order valence-corrected chi connectivity index (χ3v) is 3.75. The number of amides is 1. The van der Waals surface area contributed by atoms with Crippen molar-refractivity contribution < 1.29 is 19.4 Å². The summed E-state index contributed by atoms with van der Waals surface area (Å²) in [7, 11) is 0. The molecule has 0 unspecified atom stereocenters. The summed E-state index contributed by atoms with van der Waals surface area (Å²) in [5.74, 6) is -0.509. The minimum atomic E-state index is -1.04. The summed E-state index contributed by atoms with van der Waals surface area (Å²) in [4.78, 5) is 27.8. The maximum atomic E-state index is 12.3. The Kier molecular flexibility index (Phi) is 6.33. The first kappa shape index (κ1) is 19.4. The van der Waals surface area contributed by atoms with E-state index in [1.54, 1.807) is 24.3 Å². The van der Waals surface area contributed by atoms with E-state index in [4.69, 9.17) is 4.74 Å². The van der Waals surface area contributed by atoms with E-state index in [1.165, 1.54) is 6.20 Å². The van der Waals surface area contributed by atoms with Gasteiger partial charge in [-0.2, -0.15) is 0 Å². The number of nitrogens with zero attached hydrogens (tertiary/aromatic N) is 1. The third-order valence-electron chi connectivity index (χ3n) is 3.75. The maximum absolute atomic E-state index is 12.3. The van der Waals surface area contributed by atoms with E-state index in [9.17, 15) is 14.7 Å². The number of nitrogens with one attached hydrogen (secondary N) is 1. The summed E-state index contributed by atoms with van der Waals surface area (Å²) in [5.41, 5.74) is 0.281. The molecule has 0 bridgehead atoms. The number of hydrogen-bond acceptors (Lipinski definition) is 4. The van der Waals surface area contributed by atoms with Gasteiger partial charge in [0.2, 0.25) is 5.88 Å². The van der Waals surface area contributed by atoms with E-state index in [1.807, 2.05) is 39.0 Å². The molecule has 0 saturated carbocycles. The van der Waals surface area contributed by atoms with Crippen LogP contribution in [-0.2, 0) is 4.79 Å². The van der Waals surface area contributed by atoms with Gasteiger partial charge in [-0.25, -0.2) is 9.78 Å².